The first-order chi connectivity index (χ1) is 8.56. The molecule has 1 amide bonds. The number of nitrogens with zero attached hydrogens (tertiary/aromatic N) is 1. The van der Waals surface area contributed by atoms with Crippen LogP contribution in [0, 0.1) is 5.41 Å². The lowest BCUT2D eigenvalue weighted by Crippen LogP contribution is -2.39. The van der Waals surface area contributed by atoms with Crippen LogP contribution in [0.4, 0.5) is 0 Å². The van der Waals surface area contributed by atoms with Crippen molar-refractivity contribution in [1.29, 1.82) is 0 Å². The molecule has 2 N–H and O–H groups in total. The van der Waals surface area contributed by atoms with Gasteiger partial charge in [0.05, 0.1) is 6.61 Å². The van der Waals surface area contributed by atoms with E-state index in [0.29, 0.717) is 12.2 Å². The van der Waals surface area contributed by atoms with E-state index < -0.39 is 0 Å². The summed E-state index contributed by atoms with van der Waals surface area (Å²) in [7, 11) is 0. The summed E-state index contributed by atoms with van der Waals surface area (Å²) < 4.78 is 0.839. The summed E-state index contributed by atoms with van der Waals surface area (Å²) in [6.07, 6.45) is 3.25. The quantitative estimate of drug-likeness (QED) is 0.847. The minimum absolute atomic E-state index is 0.0774. The van der Waals surface area contributed by atoms with Gasteiger partial charge in [-0.1, -0.05) is 13.8 Å². The number of hydrogen-bond acceptors (Lipinski definition) is 3. The van der Waals surface area contributed by atoms with Gasteiger partial charge in [0, 0.05) is 22.6 Å². The van der Waals surface area contributed by atoms with Crippen molar-refractivity contribution >= 4 is 21.8 Å². The Morgan fingerprint density at radius 2 is 2.11 bits per heavy atom. The van der Waals surface area contributed by atoms with E-state index in [-0.39, 0.29) is 17.9 Å². The van der Waals surface area contributed by atoms with Crippen LogP contribution in [0.2, 0.25) is 0 Å². The Morgan fingerprint density at radius 1 is 1.44 bits per heavy atom. The van der Waals surface area contributed by atoms with E-state index in [2.05, 4.69) is 26.2 Å². The van der Waals surface area contributed by atoms with Crippen molar-refractivity contribution < 1.29 is 9.90 Å². The van der Waals surface area contributed by atoms with E-state index >= 15 is 0 Å². The molecule has 18 heavy (non-hydrogen) atoms. The average Bonchev–Trinajstić information content (AvgIpc) is 2.41. The van der Waals surface area contributed by atoms with Crippen LogP contribution >= 0.6 is 15.9 Å². The average molecular weight is 315 g/mol. The highest BCUT2D eigenvalue weighted by Gasteiger charge is 2.26. The Kier molecular flexibility index (Phi) is 5.75. The van der Waals surface area contributed by atoms with Crippen molar-refractivity contribution in [2.24, 2.45) is 5.41 Å². The van der Waals surface area contributed by atoms with Crippen LogP contribution in [0.15, 0.2) is 22.8 Å². The van der Waals surface area contributed by atoms with Gasteiger partial charge in [-0.3, -0.25) is 4.79 Å². The molecule has 1 aromatic heterocycles. The van der Waals surface area contributed by atoms with Gasteiger partial charge < -0.3 is 10.4 Å². The fourth-order valence-electron chi connectivity index (χ4n) is 1.65. The second-order valence-electron chi connectivity index (χ2n) is 4.41. The Bertz CT molecular complexity index is 380. The molecule has 1 aromatic rings. The number of aliphatic hydroxyl groups excluding tert-OH is 1. The molecule has 0 atom stereocenters. The highest BCUT2D eigenvalue weighted by Crippen LogP contribution is 2.24. The van der Waals surface area contributed by atoms with Crippen LogP contribution in [0.3, 0.4) is 0 Å². The SMILES string of the molecule is CCC(CC)(CO)CNC(=O)c1ccc(Br)cn1. The summed E-state index contributed by atoms with van der Waals surface area (Å²) in [6.45, 7) is 4.58. The number of aromatic nitrogens is 1. The third-order valence-electron chi connectivity index (χ3n) is 3.42. The predicted octanol–water partition coefficient (Wildman–Crippen LogP) is 2.37. The molecule has 100 valence electrons. The second kappa shape index (κ2) is 6.85. The molecule has 0 fully saturated rings. The van der Waals surface area contributed by atoms with Crippen molar-refractivity contribution in [3.63, 3.8) is 0 Å². The number of pyridine rings is 1. The smallest absolute Gasteiger partial charge is 0.269 e. The zero-order valence-corrected chi connectivity index (χ0v) is 12.3. The molecule has 5 heteroatoms. The largest absolute Gasteiger partial charge is 0.396 e. The fraction of sp³-hybridized carbons (Fsp3) is 0.538. The minimum Gasteiger partial charge on any atom is -0.396 e. The van der Waals surface area contributed by atoms with Gasteiger partial charge in [0.1, 0.15) is 5.69 Å². The zero-order chi connectivity index (χ0) is 13.6. The highest BCUT2D eigenvalue weighted by molar-refractivity contribution is 9.10. The molecule has 4 nitrogen and oxygen atoms in total. The molecular weight excluding hydrogens is 296 g/mol. The van der Waals surface area contributed by atoms with Gasteiger partial charge in [0.2, 0.25) is 0 Å². The van der Waals surface area contributed by atoms with Gasteiger partial charge in [-0.15, -0.1) is 0 Å². The van der Waals surface area contributed by atoms with Crippen LogP contribution in [0.5, 0.6) is 0 Å². The lowest BCUT2D eigenvalue weighted by Gasteiger charge is -2.29. The Morgan fingerprint density at radius 3 is 2.56 bits per heavy atom. The predicted molar refractivity (Wildman–Crippen MR) is 74.4 cm³/mol. The summed E-state index contributed by atoms with van der Waals surface area (Å²) in [6, 6.07) is 3.44. The van der Waals surface area contributed by atoms with Gasteiger partial charge in [-0.05, 0) is 40.9 Å². The van der Waals surface area contributed by atoms with E-state index in [9.17, 15) is 9.90 Å². The Balaban J connectivity index is 2.63. The molecule has 0 bridgehead atoms. The molecule has 0 aromatic carbocycles. The first-order valence-corrected chi connectivity index (χ1v) is 6.87. The van der Waals surface area contributed by atoms with E-state index in [4.69, 9.17) is 0 Å². The molecule has 0 unspecified atom stereocenters. The molecule has 0 saturated heterocycles. The van der Waals surface area contributed by atoms with Crippen LogP contribution in [-0.2, 0) is 0 Å². The number of aliphatic hydroxyl groups is 1. The molecule has 0 spiro atoms. The van der Waals surface area contributed by atoms with Gasteiger partial charge in [-0.25, -0.2) is 4.98 Å². The van der Waals surface area contributed by atoms with Crippen LogP contribution < -0.4 is 5.32 Å². The topological polar surface area (TPSA) is 62.2 Å². The molecule has 1 heterocycles. The minimum atomic E-state index is -0.231. The van der Waals surface area contributed by atoms with Crippen molar-refractivity contribution in [2.45, 2.75) is 26.7 Å². The van der Waals surface area contributed by atoms with Crippen LogP contribution in [0.1, 0.15) is 37.2 Å². The van der Waals surface area contributed by atoms with Gasteiger partial charge in [0.15, 0.2) is 0 Å². The fourth-order valence-corrected chi connectivity index (χ4v) is 1.88. The van der Waals surface area contributed by atoms with Crippen molar-refractivity contribution in [3.8, 4) is 0 Å². The number of carbonyl (C=O) groups excluding carboxylic acids is 1. The third kappa shape index (κ3) is 3.78. The number of hydrogen-bond donors (Lipinski definition) is 2. The summed E-state index contributed by atoms with van der Waals surface area (Å²) >= 11 is 3.27. The maximum absolute atomic E-state index is 11.9. The normalized spacial score (nSPS) is 11.3. The van der Waals surface area contributed by atoms with Gasteiger partial charge >= 0.3 is 0 Å². The van der Waals surface area contributed by atoms with Crippen molar-refractivity contribution in [3.05, 3.63) is 28.5 Å². The lowest BCUT2D eigenvalue weighted by atomic mass is 9.83. The number of amides is 1. The van der Waals surface area contributed by atoms with Crippen LogP contribution in [-0.4, -0.2) is 29.1 Å². The standard InChI is InChI=1S/C13H19BrN2O2/c1-3-13(4-2,9-17)8-16-12(18)11-6-5-10(14)7-15-11/h5-7,17H,3-4,8-9H2,1-2H3,(H,16,18). The van der Waals surface area contributed by atoms with E-state index in [1.807, 2.05) is 13.8 Å². The number of carbonyl (C=O) groups is 1. The maximum atomic E-state index is 11.9. The molecule has 0 aliphatic heterocycles. The Labute approximate surface area is 116 Å². The van der Waals surface area contributed by atoms with Crippen molar-refractivity contribution in [2.75, 3.05) is 13.2 Å². The summed E-state index contributed by atoms with van der Waals surface area (Å²) in [4.78, 5) is 15.9. The first kappa shape index (κ1) is 15.1. The number of halogens is 1. The van der Waals surface area contributed by atoms with Gasteiger partial charge in [-0.2, -0.15) is 0 Å². The lowest BCUT2D eigenvalue weighted by molar-refractivity contribution is 0.0847. The summed E-state index contributed by atoms with van der Waals surface area (Å²) in [5.41, 5.74) is 0.155. The number of rotatable bonds is 6. The Hall–Kier alpha value is -0.940. The van der Waals surface area contributed by atoms with Crippen LogP contribution in [0.25, 0.3) is 0 Å². The van der Waals surface area contributed by atoms with E-state index in [1.165, 1.54) is 0 Å². The molecule has 0 saturated carbocycles. The highest BCUT2D eigenvalue weighted by atomic mass is 79.9. The second-order valence-corrected chi connectivity index (χ2v) is 5.33. The van der Waals surface area contributed by atoms with Crippen molar-refractivity contribution in [1.82, 2.24) is 10.3 Å². The molecule has 0 aliphatic rings. The van der Waals surface area contributed by atoms with Gasteiger partial charge in [0.25, 0.3) is 5.91 Å². The summed E-state index contributed by atoms with van der Waals surface area (Å²) in [5.74, 6) is -0.206. The molecule has 0 aliphatic carbocycles. The maximum Gasteiger partial charge on any atom is 0.269 e. The monoisotopic (exact) mass is 314 g/mol. The zero-order valence-electron chi connectivity index (χ0n) is 10.7. The molecule has 1 rings (SSSR count). The van der Waals surface area contributed by atoms with E-state index in [1.54, 1.807) is 18.3 Å². The molecule has 0 radical (unpaired) electrons. The summed E-state index contributed by atoms with van der Waals surface area (Å²) in [5, 5.41) is 12.3. The number of nitrogens with one attached hydrogen (secondary N) is 1. The first-order valence-electron chi connectivity index (χ1n) is 6.07. The third-order valence-corrected chi connectivity index (χ3v) is 3.89. The van der Waals surface area contributed by atoms with E-state index in [0.717, 1.165) is 17.3 Å². The molecular formula is C13H19BrN2O2.